The number of carbonyl (C=O) groups is 2. The molecule has 3 atom stereocenters. The zero-order valence-electron chi connectivity index (χ0n) is 17.6. The molecule has 3 aromatic rings. The molecule has 2 heterocycles. The fourth-order valence-corrected chi connectivity index (χ4v) is 3.57. The molecular formula is C22H24BrN3O5. The van der Waals surface area contributed by atoms with Gasteiger partial charge in [-0.3, -0.25) is 4.79 Å². The lowest BCUT2D eigenvalue weighted by atomic mass is 10.2. The minimum absolute atomic E-state index is 0.115. The lowest BCUT2D eigenvalue weighted by Gasteiger charge is -2.24. The van der Waals surface area contributed by atoms with Gasteiger partial charge in [0.1, 0.15) is 12.1 Å². The summed E-state index contributed by atoms with van der Waals surface area (Å²) >= 11 is 3.46. The zero-order valence-corrected chi connectivity index (χ0v) is 19.2. The van der Waals surface area contributed by atoms with Gasteiger partial charge in [0.05, 0.1) is 13.2 Å². The summed E-state index contributed by atoms with van der Waals surface area (Å²) in [4.78, 5) is 28.8. The summed E-state index contributed by atoms with van der Waals surface area (Å²) < 4.78 is 13.6. The van der Waals surface area contributed by atoms with Gasteiger partial charge in [-0.2, -0.15) is 0 Å². The first kappa shape index (κ1) is 22.6. The van der Waals surface area contributed by atoms with Gasteiger partial charge in [-0.15, -0.1) is 0 Å². The number of carbonyl (C=O) groups excluding carboxylic acids is 2. The number of esters is 1. The Bertz CT molecular complexity index is 1110. The summed E-state index contributed by atoms with van der Waals surface area (Å²) in [6, 6.07) is 8.34. The average molecular weight is 490 g/mol. The van der Waals surface area contributed by atoms with Crippen LogP contribution in [0.15, 0.2) is 47.2 Å². The van der Waals surface area contributed by atoms with Crippen LogP contribution in [0.4, 0.5) is 0 Å². The van der Waals surface area contributed by atoms with Crippen molar-refractivity contribution in [2.75, 3.05) is 7.11 Å². The second kappa shape index (κ2) is 9.38. The Kier molecular flexibility index (Phi) is 6.84. The van der Waals surface area contributed by atoms with E-state index in [1.807, 2.05) is 42.0 Å². The molecule has 0 saturated carbocycles. The van der Waals surface area contributed by atoms with Crippen molar-refractivity contribution >= 4 is 38.7 Å². The molecule has 1 amide bonds. The molecule has 0 bridgehead atoms. The van der Waals surface area contributed by atoms with Crippen molar-refractivity contribution in [2.24, 2.45) is 0 Å². The third-order valence-corrected chi connectivity index (χ3v) is 5.62. The number of pyridine rings is 1. The highest BCUT2D eigenvalue weighted by Crippen LogP contribution is 2.28. The van der Waals surface area contributed by atoms with E-state index in [0.717, 1.165) is 15.4 Å². The van der Waals surface area contributed by atoms with Crippen molar-refractivity contribution in [1.82, 2.24) is 14.9 Å². The SMILES string of the molecule is COc1ccnc(C(=O)N[C@@H](C)C(=O)OC(C)C(C)n2ccc3cc(Br)ccc32)c1O. The number of rotatable bonds is 7. The third-order valence-electron chi connectivity index (χ3n) is 5.13. The number of ether oxygens (including phenoxy) is 2. The molecule has 8 nitrogen and oxygen atoms in total. The Morgan fingerprint density at radius 1 is 1.19 bits per heavy atom. The Morgan fingerprint density at radius 3 is 2.65 bits per heavy atom. The Hall–Kier alpha value is -3.07. The summed E-state index contributed by atoms with van der Waals surface area (Å²) in [5.41, 5.74) is 0.796. The van der Waals surface area contributed by atoms with Gasteiger partial charge in [-0.1, -0.05) is 15.9 Å². The van der Waals surface area contributed by atoms with Gasteiger partial charge in [-0.25, -0.2) is 9.78 Å². The van der Waals surface area contributed by atoms with Crippen LogP contribution in [0.25, 0.3) is 10.9 Å². The van der Waals surface area contributed by atoms with Crippen LogP contribution in [0.3, 0.4) is 0 Å². The molecule has 164 valence electrons. The predicted octanol–water partition coefficient (Wildman–Crippen LogP) is 3.82. The summed E-state index contributed by atoms with van der Waals surface area (Å²) in [5.74, 6) is -1.57. The van der Waals surface area contributed by atoms with Crippen molar-refractivity contribution in [3.63, 3.8) is 0 Å². The number of hydrogen-bond acceptors (Lipinski definition) is 6. The lowest BCUT2D eigenvalue weighted by Crippen LogP contribution is -2.41. The van der Waals surface area contributed by atoms with Gasteiger partial charge in [0.15, 0.2) is 17.2 Å². The number of aromatic nitrogens is 2. The number of nitrogens with zero attached hydrogens (tertiary/aromatic N) is 2. The molecule has 3 rings (SSSR count). The maximum absolute atomic E-state index is 12.6. The Balaban J connectivity index is 1.65. The van der Waals surface area contributed by atoms with Crippen LogP contribution in [0.2, 0.25) is 0 Å². The van der Waals surface area contributed by atoms with E-state index < -0.39 is 29.8 Å². The molecular weight excluding hydrogens is 466 g/mol. The van der Waals surface area contributed by atoms with Crippen LogP contribution in [0.1, 0.15) is 37.3 Å². The number of methoxy groups -OCH3 is 1. The summed E-state index contributed by atoms with van der Waals surface area (Å²) in [6.45, 7) is 5.27. The molecule has 0 aliphatic heterocycles. The molecule has 2 unspecified atom stereocenters. The summed E-state index contributed by atoms with van der Waals surface area (Å²) in [6.07, 6.45) is 2.84. The molecule has 0 saturated heterocycles. The second-order valence-electron chi connectivity index (χ2n) is 7.21. The van der Waals surface area contributed by atoms with E-state index in [0.29, 0.717) is 0 Å². The molecule has 2 aromatic heterocycles. The molecule has 0 fully saturated rings. The largest absolute Gasteiger partial charge is 0.503 e. The number of benzene rings is 1. The van der Waals surface area contributed by atoms with Crippen LogP contribution >= 0.6 is 15.9 Å². The van der Waals surface area contributed by atoms with Crippen LogP contribution in [0, 0.1) is 0 Å². The highest BCUT2D eigenvalue weighted by molar-refractivity contribution is 9.10. The van der Waals surface area contributed by atoms with E-state index in [1.165, 1.54) is 26.3 Å². The summed E-state index contributed by atoms with van der Waals surface area (Å²) in [5, 5.41) is 13.6. The Labute approximate surface area is 188 Å². The number of amides is 1. The number of fused-ring (bicyclic) bond motifs is 1. The maximum atomic E-state index is 12.6. The van der Waals surface area contributed by atoms with Gasteiger partial charge in [-0.05, 0) is 45.0 Å². The lowest BCUT2D eigenvalue weighted by molar-refractivity contribution is -0.151. The normalized spacial score (nSPS) is 14.0. The van der Waals surface area contributed by atoms with Gasteiger partial charge in [0, 0.05) is 33.8 Å². The van der Waals surface area contributed by atoms with E-state index in [1.54, 1.807) is 6.92 Å². The van der Waals surface area contributed by atoms with Crippen LogP contribution in [-0.2, 0) is 9.53 Å². The molecule has 0 aliphatic carbocycles. The van der Waals surface area contributed by atoms with Gasteiger partial charge < -0.3 is 24.5 Å². The van der Waals surface area contributed by atoms with Crippen molar-refractivity contribution in [3.05, 3.63) is 52.9 Å². The zero-order chi connectivity index (χ0) is 22.7. The standard InChI is InChI=1S/C22H24BrN3O5/c1-12(25-21(28)19-20(27)18(30-4)7-9-24-19)22(29)31-14(3)13(2)26-10-8-15-11-16(23)5-6-17(15)26/h5-14,27H,1-4H3,(H,25,28)/t12-,13?,14?/m0/s1. The smallest absolute Gasteiger partial charge is 0.328 e. The minimum atomic E-state index is -0.938. The topological polar surface area (TPSA) is 103 Å². The first-order valence-corrected chi connectivity index (χ1v) is 10.5. The first-order valence-electron chi connectivity index (χ1n) is 9.72. The van der Waals surface area contributed by atoms with Crippen LogP contribution in [-0.4, -0.2) is 45.8 Å². The van der Waals surface area contributed by atoms with Crippen molar-refractivity contribution in [2.45, 2.75) is 39.0 Å². The van der Waals surface area contributed by atoms with E-state index in [-0.39, 0.29) is 17.5 Å². The second-order valence-corrected chi connectivity index (χ2v) is 8.13. The molecule has 31 heavy (non-hydrogen) atoms. The van der Waals surface area contributed by atoms with Gasteiger partial charge in [0.25, 0.3) is 5.91 Å². The minimum Gasteiger partial charge on any atom is -0.503 e. The average Bonchev–Trinajstić information content (AvgIpc) is 3.15. The van der Waals surface area contributed by atoms with Crippen molar-refractivity contribution < 1.29 is 24.2 Å². The number of nitrogens with one attached hydrogen (secondary N) is 1. The van der Waals surface area contributed by atoms with Gasteiger partial charge >= 0.3 is 5.97 Å². The van der Waals surface area contributed by atoms with Crippen LogP contribution < -0.4 is 10.1 Å². The highest BCUT2D eigenvalue weighted by Gasteiger charge is 2.26. The number of hydrogen-bond donors (Lipinski definition) is 2. The Morgan fingerprint density at radius 2 is 1.94 bits per heavy atom. The fourth-order valence-electron chi connectivity index (χ4n) is 3.19. The molecule has 1 aromatic carbocycles. The van der Waals surface area contributed by atoms with E-state index in [9.17, 15) is 14.7 Å². The van der Waals surface area contributed by atoms with Crippen LogP contribution in [0.5, 0.6) is 11.5 Å². The predicted molar refractivity (Wildman–Crippen MR) is 119 cm³/mol. The first-order chi connectivity index (χ1) is 14.7. The maximum Gasteiger partial charge on any atom is 0.328 e. The van der Waals surface area contributed by atoms with Crippen molar-refractivity contribution in [3.8, 4) is 11.5 Å². The molecule has 0 aliphatic rings. The molecule has 2 N–H and O–H groups in total. The highest BCUT2D eigenvalue weighted by atomic mass is 79.9. The monoisotopic (exact) mass is 489 g/mol. The van der Waals surface area contributed by atoms with E-state index in [2.05, 4.69) is 26.2 Å². The molecule has 9 heteroatoms. The fraction of sp³-hybridized carbons (Fsp3) is 0.318. The quantitative estimate of drug-likeness (QED) is 0.489. The number of aromatic hydroxyl groups is 1. The summed E-state index contributed by atoms with van der Waals surface area (Å²) in [7, 11) is 1.37. The molecule has 0 radical (unpaired) electrons. The molecule has 0 spiro atoms. The van der Waals surface area contributed by atoms with E-state index in [4.69, 9.17) is 9.47 Å². The van der Waals surface area contributed by atoms with Gasteiger partial charge in [0.2, 0.25) is 0 Å². The third kappa shape index (κ3) is 4.82. The number of halogens is 1. The van der Waals surface area contributed by atoms with E-state index >= 15 is 0 Å². The van der Waals surface area contributed by atoms with Crippen molar-refractivity contribution in [1.29, 1.82) is 0 Å².